The maximum Gasteiger partial charge on any atom is 0.268 e. The summed E-state index contributed by atoms with van der Waals surface area (Å²) in [7, 11) is 0. The van der Waals surface area contributed by atoms with Gasteiger partial charge in [-0.15, -0.1) is 10.2 Å². The topological polar surface area (TPSA) is 93.9 Å². The van der Waals surface area contributed by atoms with Crippen LogP contribution < -0.4 is 10.3 Å². The second kappa shape index (κ2) is 5.80. The first kappa shape index (κ1) is 14.0. The third-order valence-corrected chi connectivity index (χ3v) is 2.80. The molecule has 0 spiro atoms. The molecule has 0 saturated carbocycles. The minimum atomic E-state index is -0.288. The van der Waals surface area contributed by atoms with Crippen molar-refractivity contribution in [2.24, 2.45) is 0 Å². The van der Waals surface area contributed by atoms with Gasteiger partial charge < -0.3 is 9.15 Å². The molecule has 1 N–H and O–H groups in total. The number of aromatic amines is 1. The lowest BCUT2D eigenvalue weighted by Gasteiger charge is -2.09. The van der Waals surface area contributed by atoms with Gasteiger partial charge in [0.15, 0.2) is 0 Å². The van der Waals surface area contributed by atoms with E-state index in [1.807, 2.05) is 38.1 Å². The van der Waals surface area contributed by atoms with Crippen molar-refractivity contribution in [1.82, 2.24) is 20.4 Å². The monoisotopic (exact) mass is 298 g/mol. The van der Waals surface area contributed by atoms with E-state index in [1.165, 1.54) is 12.1 Å². The standard InChI is InChI=1S/C15H14N4O3/c1-9(2)21-11-5-3-10(4-6-11)14-18-19-15(22-14)12-7-8-13(20)17-16-12/h3-9H,1-2H3,(H,17,20). The molecule has 0 fully saturated rings. The summed E-state index contributed by atoms with van der Waals surface area (Å²) in [4.78, 5) is 11.0. The van der Waals surface area contributed by atoms with Crippen LogP contribution in [0, 0.1) is 0 Å². The summed E-state index contributed by atoms with van der Waals surface area (Å²) in [6, 6.07) is 10.2. The van der Waals surface area contributed by atoms with Crippen LogP contribution in [0.3, 0.4) is 0 Å². The van der Waals surface area contributed by atoms with Gasteiger partial charge >= 0.3 is 0 Å². The molecule has 0 aliphatic carbocycles. The molecule has 0 aliphatic heterocycles. The Balaban J connectivity index is 1.84. The lowest BCUT2D eigenvalue weighted by atomic mass is 10.2. The molecular weight excluding hydrogens is 284 g/mol. The third kappa shape index (κ3) is 3.03. The van der Waals surface area contributed by atoms with E-state index in [0.717, 1.165) is 11.3 Å². The Labute approximate surface area is 126 Å². The lowest BCUT2D eigenvalue weighted by molar-refractivity contribution is 0.242. The largest absolute Gasteiger partial charge is 0.491 e. The van der Waals surface area contributed by atoms with E-state index in [2.05, 4.69) is 20.4 Å². The van der Waals surface area contributed by atoms with E-state index < -0.39 is 0 Å². The van der Waals surface area contributed by atoms with Gasteiger partial charge in [0.25, 0.3) is 11.4 Å². The molecule has 0 aliphatic rings. The maximum atomic E-state index is 11.0. The van der Waals surface area contributed by atoms with Crippen LogP contribution in [0.25, 0.3) is 23.0 Å². The summed E-state index contributed by atoms with van der Waals surface area (Å²) in [5.41, 5.74) is 0.904. The van der Waals surface area contributed by atoms with Crippen molar-refractivity contribution in [1.29, 1.82) is 0 Å². The molecule has 7 nitrogen and oxygen atoms in total. The number of hydrogen-bond acceptors (Lipinski definition) is 6. The zero-order chi connectivity index (χ0) is 15.5. The van der Waals surface area contributed by atoms with Crippen LogP contribution >= 0.6 is 0 Å². The number of benzene rings is 1. The molecule has 1 aromatic carbocycles. The molecule has 112 valence electrons. The van der Waals surface area contributed by atoms with Gasteiger partial charge in [-0.3, -0.25) is 4.79 Å². The van der Waals surface area contributed by atoms with Gasteiger partial charge in [0.05, 0.1) is 6.10 Å². The molecule has 7 heteroatoms. The highest BCUT2D eigenvalue weighted by Gasteiger charge is 2.12. The minimum absolute atomic E-state index is 0.118. The zero-order valence-corrected chi connectivity index (χ0v) is 12.1. The van der Waals surface area contributed by atoms with Crippen LogP contribution in [0.4, 0.5) is 0 Å². The number of H-pyrrole nitrogens is 1. The van der Waals surface area contributed by atoms with Crippen molar-refractivity contribution in [2.75, 3.05) is 0 Å². The van der Waals surface area contributed by atoms with Crippen molar-refractivity contribution in [2.45, 2.75) is 20.0 Å². The van der Waals surface area contributed by atoms with Crippen molar-refractivity contribution in [3.63, 3.8) is 0 Å². The fraction of sp³-hybridized carbons (Fsp3) is 0.200. The van der Waals surface area contributed by atoms with Gasteiger partial charge in [-0.1, -0.05) is 0 Å². The summed E-state index contributed by atoms with van der Waals surface area (Å²) in [6.07, 6.45) is 0.118. The van der Waals surface area contributed by atoms with Gasteiger partial charge in [0, 0.05) is 11.6 Å². The quantitative estimate of drug-likeness (QED) is 0.794. The average Bonchev–Trinajstić information content (AvgIpc) is 2.98. The second-order valence-electron chi connectivity index (χ2n) is 4.91. The summed E-state index contributed by atoms with van der Waals surface area (Å²) >= 11 is 0. The van der Waals surface area contributed by atoms with Crippen molar-refractivity contribution in [3.05, 3.63) is 46.8 Å². The first-order valence-corrected chi connectivity index (χ1v) is 6.78. The Morgan fingerprint density at radius 3 is 2.41 bits per heavy atom. The number of nitrogens with one attached hydrogen (secondary N) is 1. The molecule has 0 radical (unpaired) electrons. The normalized spacial score (nSPS) is 10.9. The Morgan fingerprint density at radius 1 is 1.05 bits per heavy atom. The molecule has 22 heavy (non-hydrogen) atoms. The fourth-order valence-corrected chi connectivity index (χ4v) is 1.86. The van der Waals surface area contributed by atoms with E-state index in [4.69, 9.17) is 9.15 Å². The molecule has 2 heterocycles. The Morgan fingerprint density at radius 2 is 1.77 bits per heavy atom. The second-order valence-corrected chi connectivity index (χ2v) is 4.91. The predicted molar refractivity (Wildman–Crippen MR) is 79.3 cm³/mol. The van der Waals surface area contributed by atoms with Gasteiger partial charge in [-0.25, -0.2) is 5.10 Å². The van der Waals surface area contributed by atoms with Gasteiger partial charge in [0.2, 0.25) is 5.89 Å². The molecule has 0 amide bonds. The minimum Gasteiger partial charge on any atom is -0.491 e. The number of hydrogen-bond donors (Lipinski definition) is 1. The Kier molecular flexibility index (Phi) is 3.69. The van der Waals surface area contributed by atoms with E-state index in [-0.39, 0.29) is 17.6 Å². The smallest absolute Gasteiger partial charge is 0.268 e. The number of aromatic nitrogens is 4. The van der Waals surface area contributed by atoms with Crippen LogP contribution in [0.2, 0.25) is 0 Å². The molecular formula is C15H14N4O3. The molecule has 3 aromatic rings. The molecule has 2 aromatic heterocycles. The SMILES string of the molecule is CC(C)Oc1ccc(-c2nnc(-c3ccc(=O)[nH]n3)o2)cc1. The zero-order valence-electron chi connectivity index (χ0n) is 12.1. The van der Waals surface area contributed by atoms with Crippen LogP contribution in [0.1, 0.15) is 13.8 Å². The molecule has 3 rings (SSSR count). The van der Waals surface area contributed by atoms with Gasteiger partial charge in [-0.05, 0) is 44.2 Å². The Bertz CT molecular complexity index is 801. The van der Waals surface area contributed by atoms with E-state index in [1.54, 1.807) is 0 Å². The summed E-state index contributed by atoms with van der Waals surface area (Å²) < 4.78 is 11.1. The molecule has 0 bridgehead atoms. The highest BCUT2D eigenvalue weighted by atomic mass is 16.5. The highest BCUT2D eigenvalue weighted by molar-refractivity contribution is 5.56. The van der Waals surface area contributed by atoms with E-state index in [9.17, 15) is 4.79 Å². The van der Waals surface area contributed by atoms with Crippen molar-refractivity contribution >= 4 is 0 Å². The fourth-order valence-electron chi connectivity index (χ4n) is 1.86. The first-order valence-electron chi connectivity index (χ1n) is 6.78. The van der Waals surface area contributed by atoms with Crippen molar-refractivity contribution < 1.29 is 9.15 Å². The Hall–Kier alpha value is -2.96. The van der Waals surface area contributed by atoms with Gasteiger partial charge in [-0.2, -0.15) is 5.10 Å². The van der Waals surface area contributed by atoms with Crippen LogP contribution in [-0.4, -0.2) is 26.5 Å². The molecule has 0 unspecified atom stereocenters. The number of rotatable bonds is 4. The predicted octanol–water partition coefficient (Wildman–Crippen LogP) is 2.27. The average molecular weight is 298 g/mol. The van der Waals surface area contributed by atoms with Crippen molar-refractivity contribution in [3.8, 4) is 28.8 Å². The summed E-state index contributed by atoms with van der Waals surface area (Å²) in [5.74, 6) is 1.40. The van der Waals surface area contributed by atoms with Crippen LogP contribution in [-0.2, 0) is 0 Å². The van der Waals surface area contributed by atoms with E-state index >= 15 is 0 Å². The van der Waals surface area contributed by atoms with Crippen LogP contribution in [0.5, 0.6) is 5.75 Å². The number of nitrogens with zero attached hydrogens (tertiary/aromatic N) is 3. The van der Waals surface area contributed by atoms with E-state index in [0.29, 0.717) is 11.6 Å². The molecule has 0 saturated heterocycles. The summed E-state index contributed by atoms with van der Waals surface area (Å²) in [6.45, 7) is 3.94. The summed E-state index contributed by atoms with van der Waals surface area (Å²) in [5, 5.41) is 14.1. The third-order valence-electron chi connectivity index (χ3n) is 2.80. The number of ether oxygens (including phenoxy) is 1. The molecule has 0 atom stereocenters. The first-order chi connectivity index (χ1) is 10.6. The highest BCUT2D eigenvalue weighted by Crippen LogP contribution is 2.24. The van der Waals surface area contributed by atoms with Gasteiger partial charge in [0.1, 0.15) is 11.4 Å². The lowest BCUT2D eigenvalue weighted by Crippen LogP contribution is -2.05. The van der Waals surface area contributed by atoms with Crippen LogP contribution in [0.15, 0.2) is 45.6 Å². The maximum absolute atomic E-state index is 11.0.